The van der Waals surface area contributed by atoms with E-state index in [1.54, 1.807) is 22.9 Å². The number of aromatic carboxylic acids is 1. The van der Waals surface area contributed by atoms with Crippen LogP contribution in [-0.2, 0) is 11.3 Å². The number of carboxylic acid groups (broad SMARTS) is 1. The molecule has 132 valence electrons. The van der Waals surface area contributed by atoms with E-state index >= 15 is 0 Å². The molecule has 0 aliphatic carbocycles. The zero-order chi connectivity index (χ0) is 18.0. The summed E-state index contributed by atoms with van der Waals surface area (Å²) in [5.41, 5.74) is 3.17. The number of piperidine rings is 1. The van der Waals surface area contributed by atoms with E-state index < -0.39 is 5.97 Å². The number of carboxylic acids is 1. The summed E-state index contributed by atoms with van der Waals surface area (Å²) in [7, 11) is 0. The number of hydrogen-bond acceptors (Lipinski definition) is 3. The molecule has 25 heavy (non-hydrogen) atoms. The summed E-state index contributed by atoms with van der Waals surface area (Å²) in [6.45, 7) is 5.49. The van der Waals surface area contributed by atoms with E-state index in [0.29, 0.717) is 12.1 Å². The minimum atomic E-state index is -0.921. The van der Waals surface area contributed by atoms with E-state index in [1.165, 1.54) is 0 Å². The summed E-state index contributed by atoms with van der Waals surface area (Å²) in [4.78, 5) is 25.7. The van der Waals surface area contributed by atoms with Gasteiger partial charge >= 0.3 is 5.97 Å². The number of nitrogens with zero attached hydrogens (tertiary/aromatic N) is 3. The van der Waals surface area contributed by atoms with Crippen LogP contribution in [0, 0.1) is 13.8 Å². The van der Waals surface area contributed by atoms with Crippen LogP contribution in [0.4, 0.5) is 0 Å². The molecule has 1 aliphatic rings. The molecule has 0 unspecified atom stereocenters. The molecule has 0 saturated carbocycles. The standard InChI is InChI=1S/C19H23N3O3/c1-13-9-14(2)22(20-13)12-18(23)21-8-4-7-17(11-21)15-5-3-6-16(10-15)19(24)25/h3,5-6,9-10,17H,4,7-8,11-12H2,1-2H3,(H,24,25)/t17-/m0/s1. The highest BCUT2D eigenvalue weighted by molar-refractivity contribution is 5.87. The molecule has 2 heterocycles. The first-order valence-electron chi connectivity index (χ1n) is 8.56. The highest BCUT2D eigenvalue weighted by Gasteiger charge is 2.25. The zero-order valence-corrected chi connectivity index (χ0v) is 14.6. The fraction of sp³-hybridized carbons (Fsp3) is 0.421. The maximum atomic E-state index is 12.7. The van der Waals surface area contributed by atoms with Crippen molar-refractivity contribution in [3.05, 3.63) is 52.8 Å². The van der Waals surface area contributed by atoms with E-state index in [-0.39, 0.29) is 18.4 Å². The largest absolute Gasteiger partial charge is 0.478 e. The molecule has 0 bridgehead atoms. The fourth-order valence-electron chi connectivity index (χ4n) is 3.46. The average Bonchev–Trinajstić information content (AvgIpc) is 2.92. The van der Waals surface area contributed by atoms with Gasteiger partial charge in [-0.15, -0.1) is 0 Å². The fourth-order valence-corrected chi connectivity index (χ4v) is 3.46. The maximum Gasteiger partial charge on any atom is 0.335 e. The third-order valence-electron chi connectivity index (χ3n) is 4.77. The molecule has 6 heteroatoms. The Kier molecular flexibility index (Phi) is 4.88. The second kappa shape index (κ2) is 7.09. The van der Waals surface area contributed by atoms with Crippen LogP contribution in [0.3, 0.4) is 0 Å². The van der Waals surface area contributed by atoms with Crippen molar-refractivity contribution in [3.63, 3.8) is 0 Å². The molecule has 1 aromatic carbocycles. The Morgan fingerprint density at radius 3 is 2.76 bits per heavy atom. The van der Waals surface area contributed by atoms with Crippen molar-refractivity contribution in [2.24, 2.45) is 0 Å². The van der Waals surface area contributed by atoms with Crippen molar-refractivity contribution < 1.29 is 14.7 Å². The second-order valence-corrected chi connectivity index (χ2v) is 6.69. The van der Waals surface area contributed by atoms with Gasteiger partial charge in [0, 0.05) is 24.7 Å². The molecule has 1 saturated heterocycles. The lowest BCUT2D eigenvalue weighted by molar-refractivity contribution is -0.133. The van der Waals surface area contributed by atoms with Gasteiger partial charge in [-0.25, -0.2) is 4.79 Å². The molecule has 1 aliphatic heterocycles. The Morgan fingerprint density at radius 1 is 1.28 bits per heavy atom. The summed E-state index contributed by atoms with van der Waals surface area (Å²) < 4.78 is 1.74. The number of carbonyl (C=O) groups is 2. The summed E-state index contributed by atoms with van der Waals surface area (Å²) in [5, 5.41) is 13.5. The quantitative estimate of drug-likeness (QED) is 0.927. The number of aromatic nitrogens is 2. The Hall–Kier alpha value is -2.63. The highest BCUT2D eigenvalue weighted by Crippen LogP contribution is 2.27. The summed E-state index contributed by atoms with van der Waals surface area (Å²) in [6.07, 6.45) is 1.89. The summed E-state index contributed by atoms with van der Waals surface area (Å²) >= 11 is 0. The smallest absolute Gasteiger partial charge is 0.335 e. The first-order valence-corrected chi connectivity index (χ1v) is 8.56. The van der Waals surface area contributed by atoms with Crippen LogP contribution in [0.2, 0.25) is 0 Å². The third kappa shape index (κ3) is 3.90. The molecule has 0 spiro atoms. The van der Waals surface area contributed by atoms with Crippen LogP contribution in [0.5, 0.6) is 0 Å². The van der Waals surface area contributed by atoms with Gasteiger partial charge in [0.1, 0.15) is 6.54 Å². The Bertz CT molecular complexity index is 797. The van der Waals surface area contributed by atoms with E-state index in [9.17, 15) is 9.59 Å². The molecule has 3 rings (SSSR count). The van der Waals surface area contributed by atoms with Gasteiger partial charge in [-0.3, -0.25) is 9.48 Å². The first kappa shape index (κ1) is 17.2. The minimum Gasteiger partial charge on any atom is -0.478 e. The molecule has 1 amide bonds. The average molecular weight is 341 g/mol. The Labute approximate surface area is 147 Å². The van der Waals surface area contributed by atoms with Gasteiger partial charge in [0.15, 0.2) is 0 Å². The van der Waals surface area contributed by atoms with E-state index in [4.69, 9.17) is 5.11 Å². The Balaban J connectivity index is 1.70. The van der Waals surface area contributed by atoms with E-state index in [1.807, 2.05) is 30.9 Å². The first-order chi connectivity index (χ1) is 11.9. The molecule has 1 fully saturated rings. The maximum absolute atomic E-state index is 12.7. The molecule has 2 aromatic rings. The lowest BCUT2D eigenvalue weighted by atomic mass is 9.89. The number of likely N-dealkylation sites (tertiary alicyclic amines) is 1. The number of carbonyl (C=O) groups excluding carboxylic acids is 1. The van der Waals surface area contributed by atoms with Crippen molar-refractivity contribution in [2.75, 3.05) is 13.1 Å². The predicted molar refractivity (Wildman–Crippen MR) is 93.7 cm³/mol. The predicted octanol–water partition coefficient (Wildman–Crippen LogP) is 2.60. The summed E-state index contributed by atoms with van der Waals surface area (Å²) in [6, 6.07) is 9.01. The summed E-state index contributed by atoms with van der Waals surface area (Å²) in [5.74, 6) is -0.683. The van der Waals surface area contributed by atoms with Gasteiger partial charge in [0.2, 0.25) is 5.91 Å². The van der Waals surface area contributed by atoms with Crippen molar-refractivity contribution in [2.45, 2.75) is 39.2 Å². The van der Waals surface area contributed by atoms with Crippen molar-refractivity contribution in [1.29, 1.82) is 0 Å². The number of amides is 1. The van der Waals surface area contributed by atoms with Gasteiger partial charge < -0.3 is 10.0 Å². The van der Waals surface area contributed by atoms with Crippen LogP contribution in [0.15, 0.2) is 30.3 Å². The number of hydrogen-bond donors (Lipinski definition) is 1. The Morgan fingerprint density at radius 2 is 2.08 bits per heavy atom. The van der Waals surface area contributed by atoms with Crippen LogP contribution < -0.4 is 0 Å². The lowest BCUT2D eigenvalue weighted by Gasteiger charge is -2.33. The van der Waals surface area contributed by atoms with Gasteiger partial charge in [0.25, 0.3) is 0 Å². The molecule has 1 atom stereocenters. The number of benzene rings is 1. The van der Waals surface area contributed by atoms with Crippen LogP contribution >= 0.6 is 0 Å². The molecule has 6 nitrogen and oxygen atoms in total. The minimum absolute atomic E-state index is 0.0605. The van der Waals surface area contributed by atoms with E-state index in [0.717, 1.165) is 36.3 Å². The molecule has 1 N–H and O–H groups in total. The van der Waals surface area contributed by atoms with E-state index in [2.05, 4.69) is 5.10 Å². The highest BCUT2D eigenvalue weighted by atomic mass is 16.4. The SMILES string of the molecule is Cc1cc(C)n(CC(=O)N2CCC[C@H](c3cccc(C(=O)O)c3)C2)n1. The van der Waals surface area contributed by atoms with Gasteiger partial charge in [0.05, 0.1) is 11.3 Å². The van der Waals surface area contributed by atoms with Crippen LogP contribution in [0.1, 0.15) is 46.1 Å². The van der Waals surface area contributed by atoms with Gasteiger partial charge in [-0.05, 0) is 50.5 Å². The topological polar surface area (TPSA) is 75.4 Å². The zero-order valence-electron chi connectivity index (χ0n) is 14.6. The number of rotatable bonds is 4. The van der Waals surface area contributed by atoms with Crippen molar-refractivity contribution >= 4 is 11.9 Å². The van der Waals surface area contributed by atoms with Gasteiger partial charge in [-0.1, -0.05) is 12.1 Å². The second-order valence-electron chi connectivity index (χ2n) is 6.69. The molecule has 1 aromatic heterocycles. The third-order valence-corrected chi connectivity index (χ3v) is 4.77. The lowest BCUT2D eigenvalue weighted by Crippen LogP contribution is -2.41. The van der Waals surface area contributed by atoms with Crippen molar-refractivity contribution in [1.82, 2.24) is 14.7 Å². The molecular weight excluding hydrogens is 318 g/mol. The van der Waals surface area contributed by atoms with Crippen molar-refractivity contribution in [3.8, 4) is 0 Å². The van der Waals surface area contributed by atoms with Gasteiger partial charge in [-0.2, -0.15) is 5.10 Å². The monoisotopic (exact) mass is 341 g/mol. The van der Waals surface area contributed by atoms with Crippen LogP contribution in [0.25, 0.3) is 0 Å². The molecular formula is C19H23N3O3. The normalized spacial score (nSPS) is 17.5. The number of aryl methyl sites for hydroxylation is 2. The van der Waals surface area contributed by atoms with Crippen LogP contribution in [-0.4, -0.2) is 44.8 Å². The molecule has 0 radical (unpaired) electrons.